The van der Waals surface area contributed by atoms with E-state index in [0.717, 1.165) is 0 Å². The van der Waals surface area contributed by atoms with Crippen molar-refractivity contribution in [1.82, 2.24) is 9.97 Å². The Labute approximate surface area is 68.5 Å². The summed E-state index contributed by atoms with van der Waals surface area (Å²) in [6.07, 6.45) is 1.41. The first-order valence-corrected chi connectivity index (χ1v) is 3.19. The largest absolute Gasteiger partial charge is 0.467 e. The van der Waals surface area contributed by atoms with E-state index in [2.05, 4.69) is 15.4 Å². The monoisotopic (exact) mass is 174 g/mol. The molecular weight excluding hydrogens is 168 g/mol. The van der Waals surface area contributed by atoms with Crippen molar-refractivity contribution in [3.05, 3.63) is 11.2 Å². The minimum absolute atomic E-state index is 0.224. The lowest BCUT2D eigenvalue weighted by molar-refractivity contribution is 0.380. The zero-order valence-electron chi connectivity index (χ0n) is 5.84. The van der Waals surface area contributed by atoms with Gasteiger partial charge in [-0.3, -0.25) is 0 Å². The highest BCUT2D eigenvalue weighted by atomic mass is 35.5. The first-order valence-electron chi connectivity index (χ1n) is 2.81. The lowest BCUT2D eigenvalue weighted by Crippen LogP contribution is -2.09. The molecule has 3 N–H and O–H groups in total. The molecule has 1 aromatic heterocycles. The normalized spacial score (nSPS) is 9.36. The van der Waals surface area contributed by atoms with E-state index in [1.165, 1.54) is 13.3 Å². The smallest absolute Gasteiger partial charge is 0.318 e. The van der Waals surface area contributed by atoms with Crippen LogP contribution in [0, 0.1) is 0 Å². The van der Waals surface area contributed by atoms with Crippen LogP contribution in [0.1, 0.15) is 0 Å². The van der Waals surface area contributed by atoms with Crippen molar-refractivity contribution in [2.45, 2.75) is 0 Å². The van der Waals surface area contributed by atoms with Gasteiger partial charge in [-0.25, -0.2) is 10.8 Å². The van der Waals surface area contributed by atoms with Crippen molar-refractivity contribution in [2.75, 3.05) is 12.5 Å². The van der Waals surface area contributed by atoms with Crippen molar-refractivity contribution >= 4 is 17.4 Å². The van der Waals surface area contributed by atoms with Gasteiger partial charge >= 0.3 is 6.01 Å². The Hall–Kier alpha value is -1.07. The lowest BCUT2D eigenvalue weighted by atomic mass is 10.6. The maximum atomic E-state index is 5.63. The molecule has 1 heterocycles. The second-order valence-electron chi connectivity index (χ2n) is 1.70. The van der Waals surface area contributed by atoms with Gasteiger partial charge in [0.15, 0.2) is 5.82 Å². The van der Waals surface area contributed by atoms with Gasteiger partial charge < -0.3 is 10.2 Å². The molecule has 0 aliphatic carbocycles. The number of hydrogen-bond donors (Lipinski definition) is 2. The van der Waals surface area contributed by atoms with Crippen LogP contribution < -0.4 is 16.0 Å². The fourth-order valence-electron chi connectivity index (χ4n) is 0.551. The molecule has 0 amide bonds. The maximum absolute atomic E-state index is 5.63. The molecule has 0 atom stereocenters. The minimum Gasteiger partial charge on any atom is -0.467 e. The molecule has 0 aliphatic heterocycles. The van der Waals surface area contributed by atoms with Gasteiger partial charge in [0.1, 0.15) is 5.02 Å². The summed E-state index contributed by atoms with van der Waals surface area (Å²) in [7, 11) is 1.46. The Morgan fingerprint density at radius 1 is 1.73 bits per heavy atom. The van der Waals surface area contributed by atoms with Crippen LogP contribution in [0.3, 0.4) is 0 Å². The molecule has 6 heteroatoms. The number of anilines is 1. The number of nitrogens with one attached hydrogen (secondary N) is 1. The third-order valence-electron chi connectivity index (χ3n) is 1.04. The fourth-order valence-corrected chi connectivity index (χ4v) is 0.696. The van der Waals surface area contributed by atoms with E-state index in [-0.39, 0.29) is 6.01 Å². The standard InChI is InChI=1S/C5H7ClN4O/c1-11-5-8-2-3(6)4(9-5)10-7/h2H,7H2,1H3,(H,8,9,10). The highest BCUT2D eigenvalue weighted by Crippen LogP contribution is 2.18. The highest BCUT2D eigenvalue weighted by molar-refractivity contribution is 6.32. The molecule has 0 saturated carbocycles. The summed E-state index contributed by atoms with van der Waals surface area (Å²) >= 11 is 5.63. The number of aromatic nitrogens is 2. The quantitative estimate of drug-likeness (QED) is 0.502. The van der Waals surface area contributed by atoms with Gasteiger partial charge in [0.05, 0.1) is 13.3 Å². The predicted molar refractivity (Wildman–Crippen MR) is 41.4 cm³/mol. The van der Waals surface area contributed by atoms with Gasteiger partial charge in [0.25, 0.3) is 0 Å². The van der Waals surface area contributed by atoms with Gasteiger partial charge in [-0.05, 0) is 0 Å². The summed E-state index contributed by atoms with van der Waals surface area (Å²) < 4.78 is 4.74. The van der Waals surface area contributed by atoms with E-state index in [1.807, 2.05) is 0 Å². The molecule has 1 aromatic rings. The summed E-state index contributed by atoms with van der Waals surface area (Å²) in [6.45, 7) is 0. The first kappa shape index (κ1) is 8.03. The zero-order chi connectivity index (χ0) is 8.27. The van der Waals surface area contributed by atoms with Crippen LogP contribution in [0.4, 0.5) is 5.82 Å². The highest BCUT2D eigenvalue weighted by Gasteiger charge is 2.02. The Kier molecular flexibility index (Phi) is 2.45. The lowest BCUT2D eigenvalue weighted by Gasteiger charge is -2.02. The van der Waals surface area contributed by atoms with E-state index in [9.17, 15) is 0 Å². The molecule has 0 fully saturated rings. The number of ether oxygens (including phenoxy) is 1. The Morgan fingerprint density at radius 3 is 3.00 bits per heavy atom. The van der Waals surface area contributed by atoms with Gasteiger partial charge in [0.2, 0.25) is 0 Å². The second-order valence-corrected chi connectivity index (χ2v) is 2.10. The molecular formula is C5H7ClN4O. The molecule has 0 bridgehead atoms. The molecule has 0 aromatic carbocycles. The second kappa shape index (κ2) is 3.36. The van der Waals surface area contributed by atoms with E-state index >= 15 is 0 Å². The van der Waals surface area contributed by atoms with E-state index < -0.39 is 0 Å². The Balaban J connectivity index is 3.02. The van der Waals surface area contributed by atoms with Crippen molar-refractivity contribution in [1.29, 1.82) is 0 Å². The van der Waals surface area contributed by atoms with Crippen LogP contribution in [-0.4, -0.2) is 17.1 Å². The van der Waals surface area contributed by atoms with Gasteiger partial charge in [-0.2, -0.15) is 4.98 Å². The van der Waals surface area contributed by atoms with Crippen LogP contribution in [0.2, 0.25) is 5.02 Å². The van der Waals surface area contributed by atoms with Gasteiger partial charge in [-0.1, -0.05) is 11.6 Å². The van der Waals surface area contributed by atoms with Gasteiger partial charge in [0, 0.05) is 0 Å². The summed E-state index contributed by atoms with van der Waals surface area (Å²) in [5, 5.41) is 0.355. The molecule has 0 saturated heterocycles. The number of halogens is 1. The third kappa shape index (κ3) is 1.69. The van der Waals surface area contributed by atoms with E-state index in [0.29, 0.717) is 10.8 Å². The molecule has 5 nitrogen and oxygen atoms in total. The Morgan fingerprint density at radius 2 is 2.45 bits per heavy atom. The van der Waals surface area contributed by atoms with Crippen LogP contribution in [0.15, 0.2) is 6.20 Å². The molecule has 1 rings (SSSR count). The Bertz CT molecular complexity index is 254. The van der Waals surface area contributed by atoms with Crippen LogP contribution in [0.5, 0.6) is 6.01 Å². The average molecular weight is 175 g/mol. The van der Waals surface area contributed by atoms with Crippen molar-refractivity contribution in [2.24, 2.45) is 5.84 Å². The summed E-state index contributed by atoms with van der Waals surface area (Å²) in [5.74, 6) is 5.44. The molecule has 11 heavy (non-hydrogen) atoms. The number of nitrogens with zero attached hydrogens (tertiary/aromatic N) is 2. The van der Waals surface area contributed by atoms with Crippen molar-refractivity contribution in [3.63, 3.8) is 0 Å². The molecule has 0 unspecified atom stereocenters. The van der Waals surface area contributed by atoms with Crippen LogP contribution in [-0.2, 0) is 0 Å². The number of hydrogen-bond acceptors (Lipinski definition) is 5. The summed E-state index contributed by atoms with van der Waals surface area (Å²) in [4.78, 5) is 7.55. The number of nitrogens with two attached hydrogens (primary N) is 1. The number of methoxy groups -OCH3 is 1. The number of rotatable bonds is 2. The average Bonchev–Trinajstić information content (AvgIpc) is 2.05. The van der Waals surface area contributed by atoms with Crippen molar-refractivity contribution < 1.29 is 4.74 Å². The number of hydrazine groups is 1. The topological polar surface area (TPSA) is 73.1 Å². The summed E-state index contributed by atoms with van der Waals surface area (Å²) in [5.41, 5.74) is 2.31. The SMILES string of the molecule is COc1ncc(Cl)c(NN)n1. The maximum Gasteiger partial charge on any atom is 0.318 e. The molecule has 60 valence electrons. The number of nitrogen functional groups attached to an aromatic ring is 1. The predicted octanol–water partition coefficient (Wildman–Crippen LogP) is 0.424. The van der Waals surface area contributed by atoms with Crippen LogP contribution in [0.25, 0.3) is 0 Å². The molecule has 0 radical (unpaired) electrons. The van der Waals surface area contributed by atoms with Crippen LogP contribution >= 0.6 is 11.6 Å². The van der Waals surface area contributed by atoms with E-state index in [4.69, 9.17) is 22.2 Å². The summed E-state index contributed by atoms with van der Waals surface area (Å²) in [6, 6.07) is 0.224. The molecule has 0 aliphatic rings. The van der Waals surface area contributed by atoms with E-state index in [1.54, 1.807) is 0 Å². The zero-order valence-corrected chi connectivity index (χ0v) is 6.59. The fraction of sp³-hybridized carbons (Fsp3) is 0.200. The minimum atomic E-state index is 0.224. The first-order chi connectivity index (χ1) is 5.27. The van der Waals surface area contributed by atoms with Crippen molar-refractivity contribution in [3.8, 4) is 6.01 Å². The molecule has 0 spiro atoms. The third-order valence-corrected chi connectivity index (χ3v) is 1.32. The van der Waals surface area contributed by atoms with Gasteiger partial charge in [-0.15, -0.1) is 0 Å².